The second-order valence-corrected chi connectivity index (χ2v) is 8.29. The van der Waals surface area contributed by atoms with Gasteiger partial charge in [-0.1, -0.05) is 6.08 Å². The molecule has 2 unspecified atom stereocenters. The van der Waals surface area contributed by atoms with Gasteiger partial charge in [0.15, 0.2) is 0 Å². The van der Waals surface area contributed by atoms with E-state index < -0.39 is 5.92 Å². The van der Waals surface area contributed by atoms with Gasteiger partial charge in [-0.25, -0.2) is 9.97 Å². The molecule has 0 fully saturated rings. The van der Waals surface area contributed by atoms with Crippen LogP contribution in [0.4, 0.5) is 5.82 Å². The highest BCUT2D eigenvalue weighted by Gasteiger charge is 2.47. The molecule has 0 radical (unpaired) electrons. The first-order valence-corrected chi connectivity index (χ1v) is 9.50. The smallest absolute Gasteiger partial charge is 0.242 e. The Labute approximate surface area is 159 Å². The lowest BCUT2D eigenvalue weighted by atomic mass is 9.94. The summed E-state index contributed by atoms with van der Waals surface area (Å²) in [6, 6.07) is 5.30. The largest absolute Gasteiger partial charge is 0.481 e. The number of hydrogen-bond acceptors (Lipinski definition) is 6. The van der Waals surface area contributed by atoms with Crippen LogP contribution >= 0.6 is 23.4 Å². The van der Waals surface area contributed by atoms with E-state index in [2.05, 4.69) is 16.0 Å². The van der Waals surface area contributed by atoms with E-state index in [-0.39, 0.29) is 10.6 Å². The van der Waals surface area contributed by atoms with Crippen LogP contribution in [0.15, 0.2) is 35.4 Å². The molecule has 2 atom stereocenters. The van der Waals surface area contributed by atoms with Gasteiger partial charge in [-0.15, -0.1) is 23.4 Å². The normalized spacial score (nSPS) is 22.6. The fourth-order valence-corrected chi connectivity index (χ4v) is 4.87. The molecule has 2 aromatic rings. The number of ether oxygens (including phenoxy) is 2. The molecule has 0 bridgehead atoms. The van der Waals surface area contributed by atoms with E-state index in [1.165, 1.54) is 0 Å². The van der Waals surface area contributed by atoms with Crippen molar-refractivity contribution in [1.82, 2.24) is 9.97 Å². The second kappa shape index (κ2) is 5.89. The zero-order valence-corrected chi connectivity index (χ0v) is 15.4. The SMILES string of the molecule is COc1ccc2c(n1)C1C(=O)N(CC3=CCC(Cl)S3)c3nccc(c31)O2. The molecule has 0 N–H and O–H groups in total. The third-order valence-corrected chi connectivity index (χ3v) is 6.17. The fourth-order valence-electron chi connectivity index (χ4n) is 3.52. The van der Waals surface area contributed by atoms with E-state index in [4.69, 9.17) is 21.1 Å². The number of halogens is 1. The maximum Gasteiger partial charge on any atom is 0.242 e. The van der Waals surface area contributed by atoms with Crippen molar-refractivity contribution in [1.29, 1.82) is 0 Å². The number of anilines is 1. The van der Waals surface area contributed by atoms with Crippen LogP contribution in [-0.4, -0.2) is 34.2 Å². The van der Waals surface area contributed by atoms with Gasteiger partial charge in [-0.3, -0.25) is 9.69 Å². The predicted molar refractivity (Wildman–Crippen MR) is 99.2 cm³/mol. The van der Waals surface area contributed by atoms with Crippen LogP contribution in [0, 0.1) is 0 Å². The van der Waals surface area contributed by atoms with Gasteiger partial charge < -0.3 is 9.47 Å². The van der Waals surface area contributed by atoms with E-state index in [1.54, 1.807) is 48.2 Å². The molecule has 1 amide bonds. The summed E-state index contributed by atoms with van der Waals surface area (Å²) in [6.45, 7) is 0.464. The van der Waals surface area contributed by atoms with E-state index in [1.807, 2.05) is 0 Å². The summed E-state index contributed by atoms with van der Waals surface area (Å²) < 4.78 is 11.2. The van der Waals surface area contributed by atoms with Crippen molar-refractivity contribution < 1.29 is 14.3 Å². The Morgan fingerprint density at radius 3 is 3.04 bits per heavy atom. The number of nitrogens with zero attached hydrogens (tertiary/aromatic N) is 3. The number of amides is 1. The minimum absolute atomic E-state index is 0.0305. The topological polar surface area (TPSA) is 64.5 Å². The molecule has 26 heavy (non-hydrogen) atoms. The lowest BCUT2D eigenvalue weighted by Crippen LogP contribution is -2.31. The van der Waals surface area contributed by atoms with Crippen LogP contribution in [0.5, 0.6) is 17.4 Å². The number of hydrogen-bond donors (Lipinski definition) is 0. The van der Waals surface area contributed by atoms with Crippen molar-refractivity contribution in [3.05, 3.63) is 46.6 Å². The Kier molecular flexibility index (Phi) is 3.62. The molecule has 0 aliphatic carbocycles. The van der Waals surface area contributed by atoms with Crippen LogP contribution in [0.2, 0.25) is 0 Å². The van der Waals surface area contributed by atoms with Crippen molar-refractivity contribution in [2.45, 2.75) is 17.0 Å². The molecule has 0 spiro atoms. The number of pyridine rings is 2. The minimum Gasteiger partial charge on any atom is -0.481 e. The second-order valence-electron chi connectivity index (χ2n) is 6.18. The molecule has 2 aromatic heterocycles. The van der Waals surface area contributed by atoms with Crippen molar-refractivity contribution in [2.75, 3.05) is 18.6 Å². The maximum atomic E-state index is 13.3. The molecule has 3 aliphatic heterocycles. The zero-order valence-electron chi connectivity index (χ0n) is 13.8. The Bertz CT molecular complexity index is 965. The Morgan fingerprint density at radius 1 is 1.38 bits per heavy atom. The summed E-state index contributed by atoms with van der Waals surface area (Å²) in [7, 11) is 1.55. The first-order chi connectivity index (χ1) is 12.7. The Hall–Kier alpha value is -2.25. The molecule has 0 saturated carbocycles. The van der Waals surface area contributed by atoms with Gasteiger partial charge >= 0.3 is 0 Å². The summed E-state index contributed by atoms with van der Waals surface area (Å²) in [5.41, 5.74) is 1.35. The van der Waals surface area contributed by atoms with Crippen molar-refractivity contribution in [3.63, 3.8) is 0 Å². The van der Waals surface area contributed by atoms with Gasteiger partial charge in [0.25, 0.3) is 0 Å². The third kappa shape index (κ3) is 2.30. The monoisotopic (exact) mass is 387 g/mol. The van der Waals surface area contributed by atoms with E-state index in [0.717, 1.165) is 16.9 Å². The molecule has 5 heterocycles. The predicted octanol–water partition coefficient (Wildman–Crippen LogP) is 3.66. The van der Waals surface area contributed by atoms with Crippen LogP contribution in [0.25, 0.3) is 0 Å². The number of carbonyl (C=O) groups is 1. The highest BCUT2D eigenvalue weighted by atomic mass is 35.5. The summed E-state index contributed by atoms with van der Waals surface area (Å²) in [5, 5.41) is 0. The number of alkyl halides is 1. The maximum absolute atomic E-state index is 13.3. The number of methoxy groups -OCH3 is 1. The Morgan fingerprint density at radius 2 is 2.27 bits per heavy atom. The average Bonchev–Trinajstić information content (AvgIpc) is 3.19. The van der Waals surface area contributed by atoms with E-state index >= 15 is 0 Å². The highest BCUT2D eigenvalue weighted by molar-refractivity contribution is 8.05. The van der Waals surface area contributed by atoms with Gasteiger partial charge in [-0.05, 0) is 18.6 Å². The third-order valence-electron chi connectivity index (χ3n) is 4.67. The first kappa shape index (κ1) is 16.0. The standard InChI is InChI=1S/C18H14ClN3O3S/c1-24-13-5-3-11-16(21-13)15-14-10(25-11)6-7-20-17(14)22(18(15)23)8-9-2-4-12(19)26-9/h2-3,5-7,12,15H,4,8H2,1H3. The zero-order chi connectivity index (χ0) is 17.8. The molecule has 0 aromatic carbocycles. The number of fused-ring (bicyclic) bond motifs is 2. The van der Waals surface area contributed by atoms with E-state index in [0.29, 0.717) is 35.4 Å². The average molecular weight is 388 g/mol. The molecular formula is C18H14ClN3O3S. The van der Waals surface area contributed by atoms with Crippen molar-refractivity contribution in [2.24, 2.45) is 0 Å². The van der Waals surface area contributed by atoms with Crippen molar-refractivity contribution in [3.8, 4) is 17.4 Å². The van der Waals surface area contributed by atoms with Gasteiger partial charge in [0.2, 0.25) is 11.8 Å². The van der Waals surface area contributed by atoms with Crippen LogP contribution in [-0.2, 0) is 4.79 Å². The number of rotatable bonds is 3. The summed E-state index contributed by atoms with van der Waals surface area (Å²) in [5.74, 6) is 1.74. The number of thioether (sulfide) groups is 1. The van der Waals surface area contributed by atoms with E-state index in [9.17, 15) is 4.79 Å². The van der Waals surface area contributed by atoms with Crippen molar-refractivity contribution >= 4 is 35.1 Å². The Balaban J connectivity index is 1.60. The van der Waals surface area contributed by atoms with Crippen LogP contribution in [0.3, 0.4) is 0 Å². The first-order valence-electron chi connectivity index (χ1n) is 8.18. The molecule has 132 valence electrons. The van der Waals surface area contributed by atoms with Crippen LogP contribution in [0.1, 0.15) is 23.6 Å². The van der Waals surface area contributed by atoms with Gasteiger partial charge in [-0.2, -0.15) is 0 Å². The molecule has 0 saturated heterocycles. The number of carbonyl (C=O) groups excluding carboxylic acids is 1. The number of aromatic nitrogens is 2. The van der Waals surface area contributed by atoms with Gasteiger partial charge in [0, 0.05) is 17.2 Å². The lowest BCUT2D eigenvalue weighted by Gasteiger charge is -2.22. The molecule has 5 rings (SSSR count). The molecule has 6 nitrogen and oxygen atoms in total. The number of allylic oxidation sites excluding steroid dienone is 1. The van der Waals surface area contributed by atoms with Crippen LogP contribution < -0.4 is 14.4 Å². The molecule has 3 aliphatic rings. The summed E-state index contributed by atoms with van der Waals surface area (Å²) >= 11 is 7.76. The summed E-state index contributed by atoms with van der Waals surface area (Å²) in [6.07, 6.45) is 4.55. The quantitative estimate of drug-likeness (QED) is 0.749. The fraction of sp³-hybridized carbons (Fsp3) is 0.278. The molecule has 8 heteroatoms. The highest BCUT2D eigenvalue weighted by Crippen LogP contribution is 2.52. The summed E-state index contributed by atoms with van der Waals surface area (Å²) in [4.78, 5) is 25.0. The lowest BCUT2D eigenvalue weighted by molar-refractivity contribution is -0.118. The minimum atomic E-state index is -0.522. The molecular weight excluding hydrogens is 374 g/mol. The van der Waals surface area contributed by atoms with Gasteiger partial charge in [0.1, 0.15) is 28.9 Å². The van der Waals surface area contributed by atoms with Gasteiger partial charge in [0.05, 0.1) is 23.9 Å².